The predicted octanol–water partition coefficient (Wildman–Crippen LogP) is 2.84. The molecule has 128 valence electrons. The van der Waals surface area contributed by atoms with Gasteiger partial charge in [0.1, 0.15) is 0 Å². The number of nitrogens with zero attached hydrogens (tertiary/aromatic N) is 1. The van der Waals surface area contributed by atoms with Crippen LogP contribution < -0.4 is 5.73 Å². The van der Waals surface area contributed by atoms with Crippen LogP contribution in [0.3, 0.4) is 0 Å². The Morgan fingerprint density at radius 3 is 1.59 bits per heavy atom. The summed E-state index contributed by atoms with van der Waals surface area (Å²) in [5, 5.41) is 0. The number of nitrogens with two attached hydrogens (primary N) is 1. The van der Waals surface area contributed by atoms with E-state index in [1.807, 2.05) is 0 Å². The molecule has 0 spiro atoms. The molecular weight excluding hydrogens is 288 g/mol. The van der Waals surface area contributed by atoms with Crippen molar-refractivity contribution < 1.29 is 24.3 Å². The summed E-state index contributed by atoms with van der Waals surface area (Å²) in [6, 6.07) is -0.625. The van der Waals surface area contributed by atoms with Crippen molar-refractivity contribution in [3.63, 3.8) is 0 Å². The van der Waals surface area contributed by atoms with Crippen LogP contribution in [0.1, 0.15) is 64.2 Å². The van der Waals surface area contributed by atoms with Gasteiger partial charge < -0.3 is 5.73 Å². The van der Waals surface area contributed by atoms with Crippen molar-refractivity contribution in [2.24, 2.45) is 5.73 Å². The SMILES string of the molecule is NC(=O)N(COOC1CCCCC1)COOC1CCCCC1. The van der Waals surface area contributed by atoms with Gasteiger partial charge in [-0.25, -0.2) is 24.3 Å². The molecule has 0 aliphatic heterocycles. The quantitative estimate of drug-likeness (QED) is 0.423. The molecule has 2 aliphatic rings. The van der Waals surface area contributed by atoms with Gasteiger partial charge in [0.15, 0.2) is 13.5 Å². The van der Waals surface area contributed by atoms with Crippen molar-refractivity contribution in [1.82, 2.24) is 4.90 Å². The Kier molecular flexibility index (Phi) is 7.93. The Morgan fingerprint density at radius 2 is 1.23 bits per heavy atom. The van der Waals surface area contributed by atoms with E-state index < -0.39 is 6.03 Å². The summed E-state index contributed by atoms with van der Waals surface area (Å²) in [7, 11) is 0. The second kappa shape index (κ2) is 9.99. The van der Waals surface area contributed by atoms with Crippen molar-refractivity contribution in [3.8, 4) is 0 Å². The Balaban J connectivity index is 1.58. The van der Waals surface area contributed by atoms with Crippen LogP contribution in [0.2, 0.25) is 0 Å². The molecule has 2 N–H and O–H groups in total. The zero-order valence-corrected chi connectivity index (χ0v) is 13.2. The largest absolute Gasteiger partial charge is 0.351 e. The molecule has 0 atom stereocenters. The van der Waals surface area contributed by atoms with Gasteiger partial charge in [-0.15, -0.1) is 0 Å². The Morgan fingerprint density at radius 1 is 0.818 bits per heavy atom. The molecule has 2 rings (SSSR count). The molecule has 0 radical (unpaired) electrons. The maximum atomic E-state index is 11.3. The van der Waals surface area contributed by atoms with Crippen LogP contribution in [0.5, 0.6) is 0 Å². The van der Waals surface area contributed by atoms with E-state index in [-0.39, 0.29) is 25.7 Å². The van der Waals surface area contributed by atoms with Crippen LogP contribution in [0.15, 0.2) is 0 Å². The number of amides is 2. The molecule has 0 heterocycles. The van der Waals surface area contributed by atoms with Gasteiger partial charge >= 0.3 is 6.03 Å². The van der Waals surface area contributed by atoms with Gasteiger partial charge in [0.05, 0.1) is 12.2 Å². The van der Waals surface area contributed by atoms with Crippen molar-refractivity contribution in [2.45, 2.75) is 76.4 Å². The summed E-state index contributed by atoms with van der Waals surface area (Å²) in [6.07, 6.45) is 11.4. The lowest BCUT2D eigenvalue weighted by atomic mass is 9.98. The second-order valence-corrected chi connectivity index (χ2v) is 6.08. The van der Waals surface area contributed by atoms with Crippen LogP contribution >= 0.6 is 0 Å². The first-order chi connectivity index (χ1) is 10.8. The molecule has 0 bridgehead atoms. The molecule has 7 heteroatoms. The van der Waals surface area contributed by atoms with Gasteiger partial charge in [0.25, 0.3) is 0 Å². The van der Waals surface area contributed by atoms with E-state index in [9.17, 15) is 4.79 Å². The number of primary amides is 1. The van der Waals surface area contributed by atoms with E-state index in [4.69, 9.17) is 25.3 Å². The highest BCUT2D eigenvalue weighted by Gasteiger charge is 2.18. The number of rotatable bonds is 8. The highest BCUT2D eigenvalue weighted by Crippen LogP contribution is 2.21. The molecular formula is C15H28N2O5. The van der Waals surface area contributed by atoms with Gasteiger partial charge in [-0.05, 0) is 25.7 Å². The van der Waals surface area contributed by atoms with Crippen molar-refractivity contribution >= 4 is 6.03 Å². The minimum Gasteiger partial charge on any atom is -0.351 e. The van der Waals surface area contributed by atoms with Crippen LogP contribution in [-0.4, -0.2) is 36.6 Å². The molecule has 2 fully saturated rings. The lowest BCUT2D eigenvalue weighted by Gasteiger charge is -2.25. The number of hydrogen-bond acceptors (Lipinski definition) is 5. The van der Waals surface area contributed by atoms with Crippen molar-refractivity contribution in [3.05, 3.63) is 0 Å². The Labute approximate surface area is 131 Å². The number of urea groups is 1. The van der Waals surface area contributed by atoms with E-state index in [0.717, 1.165) is 51.4 Å². The third-order valence-electron chi connectivity index (χ3n) is 4.24. The number of carbonyl (C=O) groups is 1. The zero-order chi connectivity index (χ0) is 15.6. The third-order valence-corrected chi connectivity index (χ3v) is 4.24. The van der Waals surface area contributed by atoms with Gasteiger partial charge in [-0.3, -0.25) is 4.90 Å². The summed E-state index contributed by atoms with van der Waals surface area (Å²) in [6.45, 7) is -0.111. The first-order valence-electron chi connectivity index (χ1n) is 8.36. The predicted molar refractivity (Wildman–Crippen MR) is 79.2 cm³/mol. The normalized spacial score (nSPS) is 20.9. The highest BCUT2D eigenvalue weighted by atomic mass is 17.2. The molecule has 2 amide bonds. The Hall–Kier alpha value is -0.890. The maximum Gasteiger partial charge on any atom is 0.318 e. The monoisotopic (exact) mass is 316 g/mol. The molecule has 2 aliphatic carbocycles. The van der Waals surface area contributed by atoms with E-state index in [1.54, 1.807) is 0 Å². The van der Waals surface area contributed by atoms with Crippen LogP contribution in [0, 0.1) is 0 Å². The number of hydrogen-bond donors (Lipinski definition) is 1. The summed E-state index contributed by atoms with van der Waals surface area (Å²) >= 11 is 0. The maximum absolute atomic E-state index is 11.3. The van der Waals surface area contributed by atoms with E-state index >= 15 is 0 Å². The van der Waals surface area contributed by atoms with E-state index in [1.165, 1.54) is 17.7 Å². The lowest BCUT2D eigenvalue weighted by Crippen LogP contribution is -2.40. The fourth-order valence-electron chi connectivity index (χ4n) is 2.87. The van der Waals surface area contributed by atoms with Crippen LogP contribution in [0.25, 0.3) is 0 Å². The van der Waals surface area contributed by atoms with Crippen molar-refractivity contribution in [1.29, 1.82) is 0 Å². The molecule has 2 saturated carbocycles. The molecule has 0 saturated heterocycles. The minimum absolute atomic E-state index is 0.0557. The van der Waals surface area contributed by atoms with E-state index in [2.05, 4.69) is 0 Å². The second-order valence-electron chi connectivity index (χ2n) is 6.08. The standard InChI is InChI=1S/C15H28N2O5/c16-15(18)17(11-19-21-13-7-3-1-4-8-13)12-20-22-14-9-5-2-6-10-14/h13-14H,1-12H2,(H2,16,18). The summed E-state index contributed by atoms with van der Waals surface area (Å²) in [5.41, 5.74) is 5.29. The molecule has 0 aromatic rings. The van der Waals surface area contributed by atoms with Crippen LogP contribution in [-0.2, 0) is 19.6 Å². The summed E-state index contributed by atoms with van der Waals surface area (Å²) in [5.74, 6) is 0. The molecule has 0 unspecified atom stereocenters. The first-order valence-corrected chi connectivity index (χ1v) is 8.36. The molecule has 0 aromatic carbocycles. The first kappa shape index (κ1) is 17.5. The van der Waals surface area contributed by atoms with Crippen LogP contribution in [0.4, 0.5) is 4.79 Å². The third kappa shape index (κ3) is 6.48. The highest BCUT2D eigenvalue weighted by molar-refractivity contribution is 5.71. The van der Waals surface area contributed by atoms with Gasteiger partial charge in [0, 0.05) is 0 Å². The summed E-state index contributed by atoms with van der Waals surface area (Å²) < 4.78 is 0. The molecule has 22 heavy (non-hydrogen) atoms. The fourth-order valence-corrected chi connectivity index (χ4v) is 2.87. The van der Waals surface area contributed by atoms with Gasteiger partial charge in [-0.1, -0.05) is 38.5 Å². The molecule has 0 aromatic heterocycles. The average Bonchev–Trinajstić information content (AvgIpc) is 2.55. The fraction of sp³-hybridized carbons (Fsp3) is 0.933. The summed E-state index contributed by atoms with van der Waals surface area (Å²) in [4.78, 5) is 33.4. The van der Waals surface area contributed by atoms with Gasteiger partial charge in [-0.2, -0.15) is 0 Å². The lowest BCUT2D eigenvalue weighted by molar-refractivity contribution is -0.371. The number of carbonyl (C=O) groups excluding carboxylic acids is 1. The van der Waals surface area contributed by atoms with Crippen molar-refractivity contribution in [2.75, 3.05) is 13.5 Å². The Bertz CT molecular complexity index is 293. The van der Waals surface area contributed by atoms with E-state index in [0.29, 0.717) is 0 Å². The topological polar surface area (TPSA) is 83.3 Å². The average molecular weight is 316 g/mol. The van der Waals surface area contributed by atoms with Gasteiger partial charge in [0.2, 0.25) is 0 Å². The molecule has 7 nitrogen and oxygen atoms in total. The zero-order valence-electron chi connectivity index (χ0n) is 13.2. The minimum atomic E-state index is -0.625. The smallest absolute Gasteiger partial charge is 0.318 e.